The zero-order chi connectivity index (χ0) is 17.9. The first-order valence-electron chi connectivity index (χ1n) is 8.70. The predicted octanol–water partition coefficient (Wildman–Crippen LogP) is 7.23. The summed E-state index contributed by atoms with van der Waals surface area (Å²) in [6, 6.07) is 8.49. The molecule has 24 heavy (non-hydrogen) atoms. The molecule has 0 bridgehead atoms. The van der Waals surface area contributed by atoms with E-state index in [1.54, 1.807) is 0 Å². The number of aryl methyl sites for hydroxylation is 1. The Morgan fingerprint density at radius 2 is 1.88 bits per heavy atom. The second-order valence-corrected chi connectivity index (χ2v) is 5.73. The molecule has 0 saturated heterocycles. The van der Waals surface area contributed by atoms with Crippen molar-refractivity contribution < 1.29 is 0 Å². The summed E-state index contributed by atoms with van der Waals surface area (Å²) in [6.07, 6.45) is 14.6. The lowest BCUT2D eigenvalue weighted by molar-refractivity contribution is 1.13. The Kier molecular flexibility index (Phi) is 8.57. The number of rotatable bonds is 8. The van der Waals surface area contributed by atoms with E-state index < -0.39 is 0 Å². The van der Waals surface area contributed by atoms with E-state index >= 15 is 0 Å². The molecule has 1 rings (SSSR count). The van der Waals surface area contributed by atoms with E-state index in [1.165, 1.54) is 27.8 Å². The monoisotopic (exact) mass is 318 g/mol. The smallest absolute Gasteiger partial charge is 0.0158 e. The molecule has 0 unspecified atom stereocenters. The third-order valence-corrected chi connectivity index (χ3v) is 3.99. The molecule has 1 aromatic rings. The SMILES string of the molecule is C=C/C=C(\C=C/CC)C(=C/C)/C(C)=C\C(=C)c1ccccc1CC. The molecule has 126 valence electrons. The normalized spacial score (nSPS) is 13.4. The molecule has 0 fully saturated rings. The van der Waals surface area contributed by atoms with E-state index in [2.05, 4.69) is 95.5 Å². The highest BCUT2D eigenvalue weighted by atomic mass is 14.1. The topological polar surface area (TPSA) is 0 Å². The zero-order valence-electron chi connectivity index (χ0n) is 15.6. The van der Waals surface area contributed by atoms with Crippen molar-refractivity contribution in [1.82, 2.24) is 0 Å². The van der Waals surface area contributed by atoms with Crippen LogP contribution in [0.1, 0.15) is 45.2 Å². The van der Waals surface area contributed by atoms with Crippen LogP contribution in [0, 0.1) is 0 Å². The maximum atomic E-state index is 4.30. The molecular weight excluding hydrogens is 288 g/mol. The van der Waals surface area contributed by atoms with Crippen molar-refractivity contribution in [3.8, 4) is 0 Å². The maximum absolute atomic E-state index is 4.30. The Morgan fingerprint density at radius 1 is 1.17 bits per heavy atom. The van der Waals surface area contributed by atoms with Crippen LogP contribution >= 0.6 is 0 Å². The van der Waals surface area contributed by atoms with Crippen molar-refractivity contribution in [1.29, 1.82) is 0 Å². The highest BCUT2D eigenvalue weighted by molar-refractivity contribution is 5.76. The van der Waals surface area contributed by atoms with Crippen LogP contribution in [0.2, 0.25) is 0 Å². The van der Waals surface area contributed by atoms with Crippen LogP contribution in [0.4, 0.5) is 0 Å². The summed E-state index contributed by atoms with van der Waals surface area (Å²) in [4.78, 5) is 0. The predicted molar refractivity (Wildman–Crippen MR) is 110 cm³/mol. The fourth-order valence-electron chi connectivity index (χ4n) is 2.79. The van der Waals surface area contributed by atoms with Crippen LogP contribution in [-0.4, -0.2) is 0 Å². The molecule has 0 atom stereocenters. The number of hydrogen-bond acceptors (Lipinski definition) is 0. The average Bonchev–Trinajstić information content (AvgIpc) is 2.60. The minimum Gasteiger partial charge on any atom is -0.0990 e. The minimum atomic E-state index is 1.01. The molecule has 0 N–H and O–H groups in total. The van der Waals surface area contributed by atoms with Crippen molar-refractivity contribution in [2.75, 3.05) is 0 Å². The molecule has 1 aromatic carbocycles. The Morgan fingerprint density at radius 3 is 2.46 bits per heavy atom. The summed E-state index contributed by atoms with van der Waals surface area (Å²) >= 11 is 0. The lowest BCUT2D eigenvalue weighted by Gasteiger charge is -2.12. The average molecular weight is 319 g/mol. The van der Waals surface area contributed by atoms with E-state index in [9.17, 15) is 0 Å². The van der Waals surface area contributed by atoms with Crippen molar-refractivity contribution in [2.45, 2.75) is 40.5 Å². The summed E-state index contributed by atoms with van der Waals surface area (Å²) in [7, 11) is 0. The third kappa shape index (κ3) is 5.38. The fourth-order valence-corrected chi connectivity index (χ4v) is 2.79. The Labute approximate surface area is 148 Å². The van der Waals surface area contributed by atoms with Gasteiger partial charge in [-0.05, 0) is 60.1 Å². The van der Waals surface area contributed by atoms with Crippen LogP contribution in [0.15, 0.2) is 90.6 Å². The molecule has 0 aliphatic heterocycles. The highest BCUT2D eigenvalue weighted by Gasteiger charge is 2.06. The van der Waals surface area contributed by atoms with Crippen LogP contribution in [-0.2, 0) is 6.42 Å². The minimum absolute atomic E-state index is 1.01. The van der Waals surface area contributed by atoms with Gasteiger partial charge in [0.05, 0.1) is 0 Å². The molecule has 0 radical (unpaired) electrons. The maximum Gasteiger partial charge on any atom is -0.0158 e. The first-order chi connectivity index (χ1) is 11.6. The molecule has 0 aliphatic rings. The van der Waals surface area contributed by atoms with Gasteiger partial charge in [-0.1, -0.05) is 87.7 Å². The van der Waals surface area contributed by atoms with Crippen molar-refractivity contribution in [3.63, 3.8) is 0 Å². The van der Waals surface area contributed by atoms with Crippen molar-refractivity contribution in [2.24, 2.45) is 0 Å². The molecule has 0 heterocycles. The molecule has 0 saturated carbocycles. The molecule has 0 aromatic heterocycles. The van der Waals surface area contributed by atoms with Gasteiger partial charge in [0, 0.05) is 0 Å². The molecule has 0 heteroatoms. The Bertz CT molecular complexity index is 691. The summed E-state index contributed by atoms with van der Waals surface area (Å²) < 4.78 is 0. The number of benzene rings is 1. The first-order valence-corrected chi connectivity index (χ1v) is 8.70. The van der Waals surface area contributed by atoms with Crippen LogP contribution < -0.4 is 0 Å². The summed E-state index contributed by atoms with van der Waals surface area (Å²) in [5.74, 6) is 0. The largest absolute Gasteiger partial charge is 0.0990 e. The summed E-state index contributed by atoms with van der Waals surface area (Å²) in [6.45, 7) is 16.7. The van der Waals surface area contributed by atoms with E-state index in [0.29, 0.717) is 0 Å². The number of allylic oxidation sites excluding steroid dienone is 10. The van der Waals surface area contributed by atoms with E-state index in [1.807, 2.05) is 6.08 Å². The van der Waals surface area contributed by atoms with Gasteiger partial charge in [-0.25, -0.2) is 0 Å². The summed E-state index contributed by atoms with van der Waals surface area (Å²) in [5.41, 5.74) is 7.23. The van der Waals surface area contributed by atoms with Gasteiger partial charge in [-0.15, -0.1) is 0 Å². The molecule has 0 amide bonds. The third-order valence-electron chi connectivity index (χ3n) is 3.99. The van der Waals surface area contributed by atoms with Crippen LogP contribution in [0.25, 0.3) is 5.57 Å². The van der Waals surface area contributed by atoms with Gasteiger partial charge in [-0.3, -0.25) is 0 Å². The van der Waals surface area contributed by atoms with Crippen LogP contribution in [0.3, 0.4) is 0 Å². The lowest BCUT2D eigenvalue weighted by Crippen LogP contribution is -1.93. The number of hydrogen-bond donors (Lipinski definition) is 0. The quantitative estimate of drug-likeness (QED) is 0.443. The fraction of sp³-hybridized carbons (Fsp3) is 0.250. The van der Waals surface area contributed by atoms with Gasteiger partial charge < -0.3 is 0 Å². The van der Waals surface area contributed by atoms with Crippen molar-refractivity contribution in [3.05, 3.63) is 102 Å². The second-order valence-electron chi connectivity index (χ2n) is 5.73. The van der Waals surface area contributed by atoms with Crippen LogP contribution in [0.5, 0.6) is 0 Å². The Balaban J connectivity index is 3.21. The standard InChI is InChI=1S/C24H30/c1-7-11-15-22(14-8-2)23(10-4)19(5)18-20(6)24-17-13-12-16-21(24)9-3/h8,10-18H,2,6-7,9H2,1,3-5H3/b15-11-,19-18-,22-14+,23-10+. The molecule has 0 nitrogen and oxygen atoms in total. The zero-order valence-corrected chi connectivity index (χ0v) is 15.6. The van der Waals surface area contributed by atoms with Gasteiger partial charge in [0.1, 0.15) is 0 Å². The van der Waals surface area contributed by atoms with Gasteiger partial charge in [0.2, 0.25) is 0 Å². The Hall–Kier alpha value is -2.34. The highest BCUT2D eigenvalue weighted by Crippen LogP contribution is 2.26. The van der Waals surface area contributed by atoms with Gasteiger partial charge >= 0.3 is 0 Å². The molecule has 0 spiro atoms. The molecular formula is C24H30. The van der Waals surface area contributed by atoms with Crippen molar-refractivity contribution >= 4 is 5.57 Å². The second kappa shape index (κ2) is 10.4. The van der Waals surface area contributed by atoms with Gasteiger partial charge in [-0.2, -0.15) is 0 Å². The van der Waals surface area contributed by atoms with E-state index in [4.69, 9.17) is 0 Å². The van der Waals surface area contributed by atoms with Gasteiger partial charge in [0.25, 0.3) is 0 Å². The van der Waals surface area contributed by atoms with E-state index in [-0.39, 0.29) is 0 Å². The van der Waals surface area contributed by atoms with Gasteiger partial charge in [0.15, 0.2) is 0 Å². The summed E-state index contributed by atoms with van der Waals surface area (Å²) in [5, 5.41) is 0. The molecule has 0 aliphatic carbocycles. The lowest BCUT2D eigenvalue weighted by atomic mass is 9.93. The first kappa shape index (κ1) is 19.7. The van der Waals surface area contributed by atoms with E-state index in [0.717, 1.165) is 18.4 Å².